The molecule has 2 aromatic rings. The maximum Gasteiger partial charge on any atom is 0.0790 e. The Morgan fingerprint density at radius 3 is 2.88 bits per heavy atom. The van der Waals surface area contributed by atoms with Crippen molar-refractivity contribution in [1.29, 1.82) is 0 Å². The Balaban J connectivity index is 2.47. The summed E-state index contributed by atoms with van der Waals surface area (Å²) in [4.78, 5) is 0. The third kappa shape index (κ3) is 2.26. The van der Waals surface area contributed by atoms with Crippen molar-refractivity contribution in [2.24, 2.45) is 0 Å². The number of aryl methyl sites for hydroxylation is 1. The highest BCUT2D eigenvalue weighted by Crippen LogP contribution is 2.17. The molecule has 0 spiro atoms. The van der Waals surface area contributed by atoms with E-state index < -0.39 is 0 Å². The van der Waals surface area contributed by atoms with Crippen LogP contribution in [-0.4, -0.2) is 16.8 Å². The van der Waals surface area contributed by atoms with Crippen molar-refractivity contribution in [3.8, 4) is 5.69 Å². The Kier molecular flexibility index (Phi) is 3.27. The van der Waals surface area contributed by atoms with Gasteiger partial charge in [-0.15, -0.1) is 0 Å². The lowest BCUT2D eigenvalue weighted by Crippen LogP contribution is -2.09. The van der Waals surface area contributed by atoms with Crippen LogP contribution in [0.5, 0.6) is 0 Å². The molecule has 2 rings (SSSR count). The van der Waals surface area contributed by atoms with Crippen LogP contribution in [0.4, 0.5) is 0 Å². The van der Waals surface area contributed by atoms with Crippen molar-refractivity contribution in [3.05, 3.63) is 46.7 Å². The minimum absolute atomic E-state index is 0.649. The fraction of sp³-hybridized carbons (Fsp3) is 0.250. The van der Waals surface area contributed by atoms with Gasteiger partial charge in [-0.3, -0.25) is 0 Å². The lowest BCUT2D eigenvalue weighted by molar-refractivity contribution is 0.788. The van der Waals surface area contributed by atoms with Gasteiger partial charge in [-0.25, -0.2) is 4.68 Å². The standard InChI is InChI=1S/C12H14ClN3/c1-9-3-4-12(10(5-9)6-14-2)16-8-11(13)7-15-16/h3-5,7-8,14H,6H2,1-2H3. The molecule has 0 atom stereocenters. The molecule has 3 nitrogen and oxygen atoms in total. The van der Waals surface area contributed by atoms with Gasteiger partial charge in [-0.2, -0.15) is 5.10 Å². The van der Waals surface area contributed by atoms with E-state index in [4.69, 9.17) is 11.6 Å². The first-order valence-electron chi connectivity index (χ1n) is 5.15. The summed E-state index contributed by atoms with van der Waals surface area (Å²) in [7, 11) is 1.93. The zero-order chi connectivity index (χ0) is 11.5. The Bertz CT molecular complexity index is 491. The molecule has 84 valence electrons. The molecule has 1 heterocycles. The van der Waals surface area contributed by atoms with Gasteiger partial charge in [0.15, 0.2) is 0 Å². The van der Waals surface area contributed by atoms with Gasteiger partial charge in [0.2, 0.25) is 0 Å². The predicted octanol–water partition coefficient (Wildman–Crippen LogP) is 2.55. The van der Waals surface area contributed by atoms with E-state index in [0.717, 1.165) is 12.2 Å². The number of benzene rings is 1. The van der Waals surface area contributed by atoms with Gasteiger partial charge in [0.05, 0.1) is 16.9 Å². The molecule has 16 heavy (non-hydrogen) atoms. The molecule has 0 amide bonds. The second-order valence-electron chi connectivity index (χ2n) is 3.77. The largest absolute Gasteiger partial charge is 0.316 e. The Hall–Kier alpha value is -1.32. The van der Waals surface area contributed by atoms with Crippen molar-refractivity contribution in [3.63, 3.8) is 0 Å². The maximum absolute atomic E-state index is 5.87. The van der Waals surface area contributed by atoms with Crippen molar-refractivity contribution in [2.45, 2.75) is 13.5 Å². The fourth-order valence-corrected chi connectivity index (χ4v) is 1.84. The molecule has 0 unspecified atom stereocenters. The molecule has 1 N–H and O–H groups in total. The lowest BCUT2D eigenvalue weighted by atomic mass is 10.1. The summed E-state index contributed by atoms with van der Waals surface area (Å²) in [6.07, 6.45) is 3.45. The van der Waals surface area contributed by atoms with Gasteiger partial charge in [-0.1, -0.05) is 29.3 Å². The zero-order valence-electron chi connectivity index (χ0n) is 9.37. The normalized spacial score (nSPS) is 10.7. The summed E-state index contributed by atoms with van der Waals surface area (Å²) in [5, 5.41) is 8.02. The van der Waals surface area contributed by atoms with Crippen LogP contribution in [0.2, 0.25) is 5.02 Å². The average molecular weight is 236 g/mol. The molecule has 1 aromatic carbocycles. The lowest BCUT2D eigenvalue weighted by Gasteiger charge is -2.10. The predicted molar refractivity (Wildman–Crippen MR) is 66.1 cm³/mol. The van der Waals surface area contributed by atoms with Crippen LogP contribution in [0.15, 0.2) is 30.6 Å². The van der Waals surface area contributed by atoms with E-state index in [2.05, 4.69) is 35.5 Å². The molecule has 0 fully saturated rings. The van der Waals surface area contributed by atoms with Gasteiger partial charge >= 0.3 is 0 Å². The van der Waals surface area contributed by atoms with Gasteiger partial charge in [0.1, 0.15) is 0 Å². The number of nitrogens with one attached hydrogen (secondary N) is 1. The first-order chi connectivity index (χ1) is 7.70. The van der Waals surface area contributed by atoms with E-state index in [-0.39, 0.29) is 0 Å². The van der Waals surface area contributed by atoms with Crippen molar-refractivity contribution in [1.82, 2.24) is 15.1 Å². The summed E-state index contributed by atoms with van der Waals surface area (Å²) in [5.74, 6) is 0. The number of hydrogen-bond acceptors (Lipinski definition) is 2. The fourth-order valence-electron chi connectivity index (χ4n) is 1.70. The van der Waals surface area contributed by atoms with E-state index >= 15 is 0 Å². The van der Waals surface area contributed by atoms with Gasteiger partial charge < -0.3 is 5.32 Å². The molecule has 0 radical (unpaired) electrons. The second kappa shape index (κ2) is 4.68. The minimum Gasteiger partial charge on any atom is -0.316 e. The first kappa shape index (κ1) is 11.2. The number of nitrogens with zero attached hydrogens (tertiary/aromatic N) is 2. The van der Waals surface area contributed by atoms with E-state index in [1.54, 1.807) is 10.9 Å². The van der Waals surface area contributed by atoms with E-state index in [9.17, 15) is 0 Å². The van der Waals surface area contributed by atoms with Crippen molar-refractivity contribution in [2.75, 3.05) is 7.05 Å². The third-order valence-corrected chi connectivity index (χ3v) is 2.60. The Morgan fingerprint density at radius 1 is 1.44 bits per heavy atom. The zero-order valence-corrected chi connectivity index (χ0v) is 10.1. The molecular formula is C12H14ClN3. The van der Waals surface area contributed by atoms with Gasteiger partial charge in [0.25, 0.3) is 0 Å². The van der Waals surface area contributed by atoms with Gasteiger partial charge in [0, 0.05) is 12.7 Å². The van der Waals surface area contributed by atoms with Crippen LogP contribution in [0, 0.1) is 6.92 Å². The number of rotatable bonds is 3. The summed E-state index contributed by atoms with van der Waals surface area (Å²) >= 11 is 5.87. The highest BCUT2D eigenvalue weighted by molar-refractivity contribution is 6.30. The van der Waals surface area contributed by atoms with Crippen LogP contribution in [-0.2, 0) is 6.54 Å². The monoisotopic (exact) mass is 235 g/mol. The summed E-state index contributed by atoms with van der Waals surface area (Å²) in [6.45, 7) is 2.90. The molecular weight excluding hydrogens is 222 g/mol. The van der Waals surface area contributed by atoms with Crippen molar-refractivity contribution < 1.29 is 0 Å². The molecule has 4 heteroatoms. The van der Waals surface area contributed by atoms with Crippen LogP contribution in [0.25, 0.3) is 5.69 Å². The second-order valence-corrected chi connectivity index (χ2v) is 4.20. The molecule has 0 saturated heterocycles. The maximum atomic E-state index is 5.87. The summed E-state index contributed by atoms with van der Waals surface area (Å²) in [5.41, 5.74) is 3.52. The molecule has 0 aliphatic rings. The van der Waals surface area contributed by atoms with Crippen molar-refractivity contribution >= 4 is 11.6 Å². The molecule has 0 saturated carbocycles. The summed E-state index contributed by atoms with van der Waals surface area (Å²) in [6, 6.07) is 6.29. The first-order valence-corrected chi connectivity index (χ1v) is 5.53. The van der Waals surface area contributed by atoms with Crippen LogP contribution in [0.1, 0.15) is 11.1 Å². The Morgan fingerprint density at radius 2 is 2.25 bits per heavy atom. The SMILES string of the molecule is CNCc1cc(C)ccc1-n1cc(Cl)cn1. The van der Waals surface area contributed by atoms with Crippen LogP contribution in [0.3, 0.4) is 0 Å². The number of halogens is 1. The topological polar surface area (TPSA) is 29.9 Å². The molecule has 0 aliphatic carbocycles. The van der Waals surface area contributed by atoms with E-state index in [1.807, 2.05) is 13.2 Å². The van der Waals surface area contributed by atoms with E-state index in [0.29, 0.717) is 5.02 Å². The smallest absolute Gasteiger partial charge is 0.0790 e. The van der Waals surface area contributed by atoms with Crippen LogP contribution >= 0.6 is 11.6 Å². The third-order valence-electron chi connectivity index (χ3n) is 2.40. The molecule has 0 aliphatic heterocycles. The quantitative estimate of drug-likeness (QED) is 0.886. The summed E-state index contributed by atoms with van der Waals surface area (Å²) < 4.78 is 1.80. The van der Waals surface area contributed by atoms with E-state index in [1.165, 1.54) is 11.1 Å². The molecule has 1 aromatic heterocycles. The Labute approximate surface area is 100 Å². The van der Waals surface area contributed by atoms with Crippen LogP contribution < -0.4 is 5.32 Å². The average Bonchev–Trinajstić information content (AvgIpc) is 2.65. The number of hydrogen-bond donors (Lipinski definition) is 1. The van der Waals surface area contributed by atoms with Gasteiger partial charge in [-0.05, 0) is 25.6 Å². The molecule has 0 bridgehead atoms. The number of aromatic nitrogens is 2. The highest BCUT2D eigenvalue weighted by Gasteiger charge is 2.05. The highest BCUT2D eigenvalue weighted by atomic mass is 35.5. The minimum atomic E-state index is 0.649.